The summed E-state index contributed by atoms with van der Waals surface area (Å²) in [6, 6.07) is 8.59. The Hall–Kier alpha value is -2.67. The lowest BCUT2D eigenvalue weighted by Gasteiger charge is -2.36. The average Bonchev–Trinajstić information content (AvgIpc) is 3.17. The van der Waals surface area contributed by atoms with Gasteiger partial charge in [0, 0.05) is 31.3 Å². The summed E-state index contributed by atoms with van der Waals surface area (Å²) < 4.78 is 0. The third kappa shape index (κ3) is 4.70. The molecule has 0 spiro atoms. The first-order valence-corrected chi connectivity index (χ1v) is 8.93. The predicted molar refractivity (Wildman–Crippen MR) is 96.4 cm³/mol. The molecule has 0 unspecified atom stereocenters. The topological polar surface area (TPSA) is 98.3 Å². The normalized spacial score (nSPS) is 20.0. The van der Waals surface area contributed by atoms with Crippen LogP contribution >= 0.6 is 0 Å². The molecule has 1 aromatic carbocycles. The summed E-state index contributed by atoms with van der Waals surface area (Å²) in [6.07, 6.45) is 5.37. The van der Waals surface area contributed by atoms with E-state index in [1.54, 1.807) is 35.4 Å². The third-order valence-electron chi connectivity index (χ3n) is 4.70. The van der Waals surface area contributed by atoms with E-state index < -0.39 is 6.10 Å². The summed E-state index contributed by atoms with van der Waals surface area (Å²) in [7, 11) is 0. The van der Waals surface area contributed by atoms with E-state index in [0.717, 1.165) is 18.4 Å². The molecule has 0 bridgehead atoms. The molecule has 1 saturated heterocycles. The lowest BCUT2D eigenvalue weighted by atomic mass is 10.0. The van der Waals surface area contributed by atoms with Crippen LogP contribution in [0.1, 0.15) is 35.2 Å². The monoisotopic (exact) mass is 356 g/mol. The number of rotatable bonds is 6. The van der Waals surface area contributed by atoms with Crippen LogP contribution in [0.4, 0.5) is 0 Å². The van der Waals surface area contributed by atoms with E-state index in [-0.39, 0.29) is 24.4 Å². The maximum atomic E-state index is 12.3. The van der Waals surface area contributed by atoms with Gasteiger partial charge in [-0.15, -0.1) is 0 Å². The first-order valence-electron chi connectivity index (χ1n) is 8.93. The Balaban J connectivity index is 1.44. The number of aromatic amines is 1. The maximum absolute atomic E-state index is 12.3. The second kappa shape index (κ2) is 8.62. The van der Waals surface area contributed by atoms with Gasteiger partial charge in [-0.05, 0) is 37.0 Å². The molecule has 3 N–H and O–H groups in total. The standard InChI is InChI=1S/C19H24N4O3/c24-17-13-23(18(25)8-4-5-14-11-20-21-12-14)10-9-16(17)22-19(26)15-6-2-1-3-7-15/h1-3,6-7,11-12,16-17,24H,4-5,8-10,13H2,(H,20,21)(H,22,26)/t16-,17-/m1/s1. The van der Waals surface area contributed by atoms with Gasteiger partial charge in [0.2, 0.25) is 5.91 Å². The van der Waals surface area contributed by atoms with Crippen LogP contribution in [0.5, 0.6) is 0 Å². The van der Waals surface area contributed by atoms with Crippen molar-refractivity contribution in [3.05, 3.63) is 53.9 Å². The Morgan fingerprint density at radius 1 is 1.31 bits per heavy atom. The van der Waals surface area contributed by atoms with Crippen molar-refractivity contribution in [1.82, 2.24) is 20.4 Å². The second-order valence-electron chi connectivity index (χ2n) is 6.60. The van der Waals surface area contributed by atoms with Crippen molar-refractivity contribution in [2.75, 3.05) is 13.1 Å². The van der Waals surface area contributed by atoms with Crippen LogP contribution in [0.15, 0.2) is 42.7 Å². The van der Waals surface area contributed by atoms with Crippen LogP contribution in [0.2, 0.25) is 0 Å². The van der Waals surface area contributed by atoms with Gasteiger partial charge in [-0.1, -0.05) is 18.2 Å². The summed E-state index contributed by atoms with van der Waals surface area (Å²) in [6.45, 7) is 0.797. The van der Waals surface area contributed by atoms with Gasteiger partial charge >= 0.3 is 0 Å². The quantitative estimate of drug-likeness (QED) is 0.722. The number of nitrogens with zero attached hydrogens (tertiary/aromatic N) is 2. The van der Waals surface area contributed by atoms with Gasteiger partial charge in [0.15, 0.2) is 0 Å². The molecule has 1 aliphatic rings. The molecule has 7 heteroatoms. The zero-order chi connectivity index (χ0) is 18.4. The molecular formula is C19H24N4O3. The van der Waals surface area contributed by atoms with Crippen molar-refractivity contribution in [1.29, 1.82) is 0 Å². The molecule has 1 fully saturated rings. The SMILES string of the molecule is O=C(N[C@@H]1CCN(C(=O)CCCc2cn[nH]c2)C[C@H]1O)c1ccccc1. The molecule has 0 saturated carbocycles. The Labute approximate surface area is 152 Å². The number of benzene rings is 1. The van der Waals surface area contributed by atoms with Crippen LogP contribution < -0.4 is 5.32 Å². The molecule has 26 heavy (non-hydrogen) atoms. The van der Waals surface area contributed by atoms with Crippen LogP contribution in [-0.4, -0.2) is 57.3 Å². The van der Waals surface area contributed by atoms with E-state index in [2.05, 4.69) is 15.5 Å². The molecule has 3 rings (SSSR count). The van der Waals surface area contributed by atoms with Gasteiger partial charge in [0.05, 0.1) is 18.3 Å². The molecular weight excluding hydrogens is 332 g/mol. The fraction of sp³-hybridized carbons (Fsp3) is 0.421. The summed E-state index contributed by atoms with van der Waals surface area (Å²) >= 11 is 0. The molecule has 0 aliphatic carbocycles. The first-order chi connectivity index (χ1) is 12.6. The van der Waals surface area contributed by atoms with E-state index >= 15 is 0 Å². The van der Waals surface area contributed by atoms with E-state index in [4.69, 9.17) is 0 Å². The van der Waals surface area contributed by atoms with Crippen molar-refractivity contribution in [2.24, 2.45) is 0 Å². The van der Waals surface area contributed by atoms with Gasteiger partial charge in [0.1, 0.15) is 0 Å². The van der Waals surface area contributed by atoms with Gasteiger partial charge < -0.3 is 15.3 Å². The van der Waals surface area contributed by atoms with Crippen molar-refractivity contribution >= 4 is 11.8 Å². The minimum absolute atomic E-state index is 0.0420. The second-order valence-corrected chi connectivity index (χ2v) is 6.60. The molecule has 138 valence electrons. The molecule has 1 aliphatic heterocycles. The van der Waals surface area contributed by atoms with Crippen LogP contribution in [0.3, 0.4) is 0 Å². The zero-order valence-corrected chi connectivity index (χ0v) is 14.6. The minimum Gasteiger partial charge on any atom is -0.389 e. The van der Waals surface area contributed by atoms with Gasteiger partial charge in [-0.25, -0.2) is 0 Å². The zero-order valence-electron chi connectivity index (χ0n) is 14.6. The highest BCUT2D eigenvalue weighted by atomic mass is 16.3. The number of amides is 2. The summed E-state index contributed by atoms with van der Waals surface area (Å²) in [5.41, 5.74) is 1.65. The highest BCUT2D eigenvalue weighted by Gasteiger charge is 2.31. The Morgan fingerprint density at radius 2 is 2.12 bits per heavy atom. The smallest absolute Gasteiger partial charge is 0.251 e. The number of nitrogens with one attached hydrogen (secondary N) is 2. The molecule has 2 atom stereocenters. The highest BCUT2D eigenvalue weighted by molar-refractivity contribution is 5.94. The minimum atomic E-state index is -0.755. The molecule has 2 aromatic rings. The fourth-order valence-electron chi connectivity index (χ4n) is 3.18. The Kier molecular flexibility index (Phi) is 6.01. The number of aliphatic hydroxyl groups is 1. The molecule has 2 amide bonds. The predicted octanol–water partition coefficient (Wildman–Crippen LogP) is 1.12. The first kappa shape index (κ1) is 18.1. The number of carbonyl (C=O) groups is 2. The van der Waals surface area contributed by atoms with E-state index in [9.17, 15) is 14.7 Å². The van der Waals surface area contributed by atoms with E-state index in [0.29, 0.717) is 24.9 Å². The number of hydrogen-bond donors (Lipinski definition) is 3. The number of aliphatic hydroxyl groups excluding tert-OH is 1. The third-order valence-corrected chi connectivity index (χ3v) is 4.70. The lowest BCUT2D eigenvalue weighted by molar-refractivity contribution is -0.134. The number of hydrogen-bond acceptors (Lipinski definition) is 4. The van der Waals surface area contributed by atoms with E-state index in [1.165, 1.54) is 0 Å². The van der Waals surface area contributed by atoms with Crippen LogP contribution in [0.25, 0.3) is 0 Å². The van der Waals surface area contributed by atoms with Crippen molar-refractivity contribution in [3.63, 3.8) is 0 Å². The molecule has 7 nitrogen and oxygen atoms in total. The summed E-state index contributed by atoms with van der Waals surface area (Å²) in [5, 5.41) is 19.8. The van der Waals surface area contributed by atoms with E-state index in [1.807, 2.05) is 12.3 Å². The van der Waals surface area contributed by atoms with Crippen molar-refractivity contribution in [3.8, 4) is 0 Å². The largest absolute Gasteiger partial charge is 0.389 e. The van der Waals surface area contributed by atoms with Crippen LogP contribution in [0, 0.1) is 0 Å². The maximum Gasteiger partial charge on any atom is 0.251 e. The molecule has 2 heterocycles. The summed E-state index contributed by atoms with van der Waals surface area (Å²) in [5.74, 6) is -0.157. The summed E-state index contributed by atoms with van der Waals surface area (Å²) in [4.78, 5) is 26.2. The number of carbonyl (C=O) groups excluding carboxylic acids is 2. The number of aryl methyl sites for hydroxylation is 1. The Morgan fingerprint density at radius 3 is 2.81 bits per heavy atom. The highest BCUT2D eigenvalue weighted by Crippen LogP contribution is 2.14. The van der Waals surface area contributed by atoms with Crippen LogP contribution in [-0.2, 0) is 11.2 Å². The molecule has 1 aromatic heterocycles. The van der Waals surface area contributed by atoms with Gasteiger partial charge in [-0.2, -0.15) is 5.10 Å². The molecule has 0 radical (unpaired) electrons. The lowest BCUT2D eigenvalue weighted by Crippen LogP contribution is -2.55. The number of aromatic nitrogens is 2. The number of likely N-dealkylation sites (tertiary alicyclic amines) is 1. The average molecular weight is 356 g/mol. The number of H-pyrrole nitrogens is 1. The van der Waals surface area contributed by atoms with Gasteiger partial charge in [-0.3, -0.25) is 14.7 Å². The van der Waals surface area contributed by atoms with Crippen molar-refractivity contribution < 1.29 is 14.7 Å². The number of piperidine rings is 1. The van der Waals surface area contributed by atoms with Gasteiger partial charge in [0.25, 0.3) is 5.91 Å². The number of β-amino-alcohol motifs (C(OH)–C–C–N with tert-alkyl or cyclic N) is 1. The fourth-order valence-corrected chi connectivity index (χ4v) is 3.18. The van der Waals surface area contributed by atoms with Crippen molar-refractivity contribution in [2.45, 2.75) is 37.8 Å². The Bertz CT molecular complexity index is 718.